The molecule has 3 aliphatic rings. The Bertz CT molecular complexity index is 957. The van der Waals surface area contributed by atoms with Gasteiger partial charge in [0, 0.05) is 13.0 Å². The molecule has 1 saturated heterocycles. The maximum atomic E-state index is 12.8. The molecule has 1 amide bonds. The number of ether oxygens (including phenoxy) is 2. The number of likely N-dealkylation sites (tertiary alicyclic amines) is 1. The number of aliphatic hydroxyl groups is 1. The number of unbranched alkanes of at least 4 members (excludes halogenated alkanes) is 2. The van der Waals surface area contributed by atoms with Crippen molar-refractivity contribution < 1.29 is 27.8 Å². The number of fused-ring (bicyclic) bond motifs is 1. The molecule has 1 aromatic carbocycles. The first-order valence-corrected chi connectivity index (χ1v) is 15.4. The Morgan fingerprint density at radius 1 is 1.00 bits per heavy atom. The molecule has 2 aliphatic heterocycles. The predicted molar refractivity (Wildman–Crippen MR) is 139 cm³/mol. The number of hydrogen-bond acceptors (Lipinski definition) is 7. The maximum absolute atomic E-state index is 12.8. The summed E-state index contributed by atoms with van der Waals surface area (Å²) in [6, 6.07) is 5.00. The van der Waals surface area contributed by atoms with Gasteiger partial charge in [-0.15, -0.1) is 0 Å². The number of benzene rings is 1. The quantitative estimate of drug-likeness (QED) is 0.406. The molecule has 0 bridgehead atoms. The molecule has 2 atom stereocenters. The number of amides is 1. The molecule has 2 unspecified atom stereocenters. The van der Waals surface area contributed by atoms with Gasteiger partial charge in [-0.1, -0.05) is 31.7 Å². The van der Waals surface area contributed by atoms with Crippen molar-refractivity contribution in [3.63, 3.8) is 0 Å². The summed E-state index contributed by atoms with van der Waals surface area (Å²) >= 11 is 0. The molecule has 1 aliphatic carbocycles. The van der Waals surface area contributed by atoms with Crippen molar-refractivity contribution in [3.8, 4) is 11.5 Å². The minimum atomic E-state index is -3.02. The van der Waals surface area contributed by atoms with E-state index in [1.54, 1.807) is 6.07 Å². The molecule has 2 fully saturated rings. The Hall–Kier alpha value is -1.84. The van der Waals surface area contributed by atoms with Crippen molar-refractivity contribution in [1.82, 2.24) is 10.2 Å². The van der Waals surface area contributed by atoms with E-state index < -0.39 is 22.0 Å². The van der Waals surface area contributed by atoms with Crippen LogP contribution in [0.25, 0.3) is 0 Å². The zero-order valence-corrected chi connectivity index (χ0v) is 22.1. The highest BCUT2D eigenvalue weighted by atomic mass is 32.2. The number of nitrogens with zero attached hydrogens (tertiary/aromatic N) is 1. The monoisotopic (exact) mass is 522 g/mol. The zero-order valence-electron chi connectivity index (χ0n) is 21.3. The van der Waals surface area contributed by atoms with Gasteiger partial charge in [-0.25, -0.2) is 8.42 Å². The summed E-state index contributed by atoms with van der Waals surface area (Å²) in [5, 5.41) is 14.1. The third kappa shape index (κ3) is 7.59. The molecule has 0 radical (unpaired) electrons. The molecule has 1 aromatic rings. The van der Waals surface area contributed by atoms with Crippen molar-refractivity contribution >= 4 is 15.7 Å². The first-order chi connectivity index (χ1) is 17.4. The highest BCUT2D eigenvalue weighted by molar-refractivity contribution is 7.92. The van der Waals surface area contributed by atoms with Crippen LogP contribution in [0.15, 0.2) is 18.2 Å². The lowest BCUT2D eigenvalue weighted by Gasteiger charge is -2.29. The molecule has 2 heterocycles. The summed E-state index contributed by atoms with van der Waals surface area (Å²) in [7, 11) is -3.02. The Morgan fingerprint density at radius 2 is 1.72 bits per heavy atom. The molecule has 2 N–H and O–H groups in total. The van der Waals surface area contributed by atoms with Gasteiger partial charge in [-0.2, -0.15) is 0 Å². The van der Waals surface area contributed by atoms with Gasteiger partial charge in [0.05, 0.1) is 17.0 Å². The minimum absolute atomic E-state index is 0.106. The fourth-order valence-corrected chi connectivity index (χ4v) is 7.57. The Morgan fingerprint density at radius 3 is 2.47 bits per heavy atom. The third-order valence-corrected chi connectivity index (χ3v) is 10.0. The van der Waals surface area contributed by atoms with Crippen molar-refractivity contribution in [1.29, 1.82) is 0 Å². The molecular formula is C27H42N2O6S. The lowest BCUT2D eigenvalue weighted by Crippen LogP contribution is -2.46. The number of nitrogens with one attached hydrogen (secondary N) is 1. The van der Waals surface area contributed by atoms with Crippen LogP contribution in [0.4, 0.5) is 0 Å². The van der Waals surface area contributed by atoms with Gasteiger partial charge in [0.2, 0.25) is 5.91 Å². The highest BCUT2D eigenvalue weighted by Gasteiger charge is 2.28. The predicted octanol–water partition coefficient (Wildman–Crippen LogP) is 3.38. The van der Waals surface area contributed by atoms with Gasteiger partial charge in [0.25, 0.3) is 0 Å². The smallest absolute Gasteiger partial charge is 0.220 e. The standard InChI is InChI=1S/C27H42N2O6S/c30-26(11-5-2-8-18-36(32,33)22-9-3-1-4-10-22)28-23(20-29-14-6-7-15-29)27(31)21-12-13-24-25(19-21)35-17-16-34-24/h12-13,19,22-23,27,31H,1-11,14-18,20H2,(H,28,30). The Balaban J connectivity index is 1.27. The van der Waals surface area contributed by atoms with E-state index in [9.17, 15) is 18.3 Å². The fraction of sp³-hybridized carbons (Fsp3) is 0.741. The van der Waals surface area contributed by atoms with E-state index >= 15 is 0 Å². The summed E-state index contributed by atoms with van der Waals surface area (Å²) in [6.07, 6.45) is 8.44. The summed E-state index contributed by atoms with van der Waals surface area (Å²) in [4.78, 5) is 15.1. The molecule has 9 heteroatoms. The number of rotatable bonds is 12. The number of aliphatic hydroxyl groups excluding tert-OH is 1. The maximum Gasteiger partial charge on any atom is 0.220 e. The molecule has 4 rings (SSSR count). The van der Waals surface area contributed by atoms with Crippen LogP contribution in [0, 0.1) is 0 Å². The summed E-state index contributed by atoms with van der Waals surface area (Å²) in [5.74, 6) is 1.40. The van der Waals surface area contributed by atoms with Crippen LogP contribution in [-0.4, -0.2) is 74.2 Å². The zero-order chi connectivity index (χ0) is 25.4. The van der Waals surface area contributed by atoms with Gasteiger partial charge in [0.1, 0.15) is 19.3 Å². The minimum Gasteiger partial charge on any atom is -0.486 e. The third-order valence-electron chi connectivity index (χ3n) is 7.68. The van der Waals surface area contributed by atoms with Gasteiger partial charge >= 0.3 is 0 Å². The molecule has 202 valence electrons. The van der Waals surface area contributed by atoms with Crippen LogP contribution in [0.2, 0.25) is 0 Å². The Kier molecular flexibility index (Phi) is 9.90. The van der Waals surface area contributed by atoms with Gasteiger partial charge in [-0.05, 0) is 69.3 Å². The Labute approximate surface area is 215 Å². The van der Waals surface area contributed by atoms with Crippen molar-refractivity contribution in [3.05, 3.63) is 23.8 Å². The fourth-order valence-electron chi connectivity index (χ4n) is 5.58. The lowest BCUT2D eigenvalue weighted by atomic mass is 10.0. The molecule has 1 saturated carbocycles. The number of carbonyl (C=O) groups is 1. The van der Waals surface area contributed by atoms with E-state index in [0.29, 0.717) is 62.5 Å². The molecule has 36 heavy (non-hydrogen) atoms. The summed E-state index contributed by atoms with van der Waals surface area (Å²) in [6.45, 7) is 3.50. The number of sulfone groups is 1. The highest BCUT2D eigenvalue weighted by Crippen LogP contribution is 2.33. The lowest BCUT2D eigenvalue weighted by molar-refractivity contribution is -0.123. The molecular weight excluding hydrogens is 480 g/mol. The number of carbonyl (C=O) groups excluding carboxylic acids is 1. The van der Waals surface area contributed by atoms with E-state index in [0.717, 1.165) is 58.0 Å². The van der Waals surface area contributed by atoms with Gasteiger partial charge in [0.15, 0.2) is 21.3 Å². The van der Waals surface area contributed by atoms with Crippen molar-refractivity contribution in [2.45, 2.75) is 88.0 Å². The van der Waals surface area contributed by atoms with Crippen LogP contribution in [0.1, 0.15) is 82.3 Å². The van der Waals surface area contributed by atoms with Crippen LogP contribution in [0.5, 0.6) is 11.5 Å². The van der Waals surface area contributed by atoms with E-state index in [2.05, 4.69) is 10.2 Å². The first kappa shape index (κ1) is 27.2. The van der Waals surface area contributed by atoms with Crippen molar-refractivity contribution in [2.24, 2.45) is 0 Å². The first-order valence-electron chi connectivity index (χ1n) is 13.7. The summed E-state index contributed by atoms with van der Waals surface area (Å²) < 4.78 is 36.4. The normalized spacial score (nSPS) is 20.7. The summed E-state index contributed by atoms with van der Waals surface area (Å²) in [5.41, 5.74) is 0.691. The SMILES string of the molecule is O=C(CCCCCS(=O)(=O)C1CCCCC1)NC(CN1CCCC1)C(O)c1ccc2c(c1)OCCO2. The molecule has 0 spiro atoms. The number of hydrogen-bond donors (Lipinski definition) is 2. The average Bonchev–Trinajstić information content (AvgIpc) is 3.41. The molecule has 0 aromatic heterocycles. The van der Waals surface area contributed by atoms with Gasteiger partial charge < -0.3 is 24.8 Å². The van der Waals surface area contributed by atoms with Crippen LogP contribution in [-0.2, 0) is 14.6 Å². The van der Waals surface area contributed by atoms with Crippen LogP contribution in [0.3, 0.4) is 0 Å². The largest absolute Gasteiger partial charge is 0.486 e. The van der Waals surface area contributed by atoms with Crippen LogP contribution >= 0.6 is 0 Å². The topological polar surface area (TPSA) is 105 Å². The van der Waals surface area contributed by atoms with Gasteiger partial charge in [-0.3, -0.25) is 4.79 Å². The average molecular weight is 523 g/mol. The second-order valence-electron chi connectivity index (χ2n) is 10.5. The van der Waals surface area contributed by atoms with E-state index in [1.165, 1.54) is 0 Å². The van der Waals surface area contributed by atoms with Crippen LogP contribution < -0.4 is 14.8 Å². The van der Waals surface area contributed by atoms with E-state index in [4.69, 9.17) is 9.47 Å². The van der Waals surface area contributed by atoms with E-state index in [1.807, 2.05) is 12.1 Å². The van der Waals surface area contributed by atoms with Crippen molar-refractivity contribution in [2.75, 3.05) is 38.6 Å². The van der Waals surface area contributed by atoms with E-state index in [-0.39, 0.29) is 16.9 Å². The molecule has 8 nitrogen and oxygen atoms in total. The second-order valence-corrected chi connectivity index (χ2v) is 12.9. The second kappa shape index (κ2) is 13.1.